The number of hydrogen-bond donors (Lipinski definition) is 1. The number of aryl methyl sites for hydroxylation is 1. The van der Waals surface area contributed by atoms with Gasteiger partial charge >= 0.3 is 5.71 Å². The van der Waals surface area contributed by atoms with Crippen molar-refractivity contribution < 1.29 is 17.8 Å². The second-order valence-corrected chi connectivity index (χ2v) is 8.10. The topological polar surface area (TPSA) is 90.8 Å². The summed E-state index contributed by atoms with van der Waals surface area (Å²) in [5.74, 6) is 0. The Labute approximate surface area is 163 Å². The molecule has 0 radical (unpaired) electrons. The number of nitrogens with zero attached hydrogens (tertiary/aromatic N) is 2. The maximum absolute atomic E-state index is 12.4. The van der Waals surface area contributed by atoms with Crippen molar-refractivity contribution in [1.29, 1.82) is 0 Å². The molecule has 0 unspecified atom stereocenters. The van der Waals surface area contributed by atoms with Crippen molar-refractivity contribution in [2.75, 3.05) is 0 Å². The molecule has 0 spiro atoms. The van der Waals surface area contributed by atoms with E-state index in [0.717, 1.165) is 22.3 Å². The number of hydrogen-bond acceptors (Lipinski definition) is 2. The van der Waals surface area contributed by atoms with E-state index in [4.69, 9.17) is 0 Å². The van der Waals surface area contributed by atoms with Gasteiger partial charge in [0.2, 0.25) is 0 Å². The van der Waals surface area contributed by atoms with Crippen molar-refractivity contribution in [3.63, 3.8) is 0 Å². The molecule has 3 aromatic rings. The van der Waals surface area contributed by atoms with E-state index in [2.05, 4.69) is 4.79 Å². The summed E-state index contributed by atoms with van der Waals surface area (Å²) in [4.78, 5) is 3.28. The lowest BCUT2D eigenvalue weighted by atomic mass is 9.91. The van der Waals surface area contributed by atoms with Crippen LogP contribution in [0.5, 0.6) is 0 Å². The van der Waals surface area contributed by atoms with Gasteiger partial charge in [0.1, 0.15) is 4.90 Å². The van der Waals surface area contributed by atoms with Crippen LogP contribution in [0.1, 0.15) is 34.7 Å². The monoisotopic (exact) mass is 390 g/mol. The molecule has 4 rings (SSSR count). The molecule has 5 nitrogen and oxygen atoms in total. The van der Waals surface area contributed by atoms with Gasteiger partial charge in [-0.3, -0.25) is 4.55 Å². The standard InChI is InChI=1S/C22H18N2O3S/c1-2-14-12-18-17-11-7-6-10-16(17)13-19(18)20(22(14)28(25,26)27)21(24-23)15-8-4-3-5-9-15/h3-12H,2,13H2,1H3,(H,25,26,27). The maximum Gasteiger partial charge on any atom is 0.331 e. The van der Waals surface area contributed by atoms with E-state index >= 15 is 0 Å². The van der Waals surface area contributed by atoms with Crippen LogP contribution in [0, 0.1) is 0 Å². The summed E-state index contributed by atoms with van der Waals surface area (Å²) in [6.45, 7) is 1.83. The fourth-order valence-corrected chi connectivity index (χ4v) is 4.98. The van der Waals surface area contributed by atoms with Crippen LogP contribution in [0.4, 0.5) is 0 Å². The Balaban J connectivity index is 2.14. The average molecular weight is 390 g/mol. The van der Waals surface area contributed by atoms with Gasteiger partial charge in [-0.05, 0) is 58.9 Å². The first kappa shape index (κ1) is 18.3. The van der Waals surface area contributed by atoms with E-state index in [9.17, 15) is 18.5 Å². The van der Waals surface area contributed by atoms with Crippen molar-refractivity contribution in [1.82, 2.24) is 0 Å². The van der Waals surface area contributed by atoms with Crippen LogP contribution in [-0.4, -0.2) is 23.5 Å². The molecule has 6 heteroatoms. The third kappa shape index (κ3) is 2.88. The van der Waals surface area contributed by atoms with Crippen molar-refractivity contribution in [2.24, 2.45) is 0 Å². The molecule has 0 aromatic heterocycles. The summed E-state index contributed by atoms with van der Waals surface area (Å²) in [5, 5.41) is 0. The number of fused-ring (bicyclic) bond motifs is 3. The first-order valence-electron chi connectivity index (χ1n) is 8.98. The minimum atomic E-state index is -4.54. The molecule has 0 saturated carbocycles. The maximum atomic E-state index is 12.4. The predicted molar refractivity (Wildman–Crippen MR) is 107 cm³/mol. The minimum Gasteiger partial charge on any atom is -0.361 e. The van der Waals surface area contributed by atoms with E-state index in [1.54, 1.807) is 24.3 Å². The molecule has 0 aliphatic heterocycles. The third-order valence-corrected chi connectivity index (χ3v) is 6.14. The van der Waals surface area contributed by atoms with E-state index in [-0.39, 0.29) is 16.2 Å². The molecule has 1 aliphatic carbocycles. The Morgan fingerprint density at radius 2 is 1.75 bits per heavy atom. The Kier molecular flexibility index (Phi) is 4.47. The van der Waals surface area contributed by atoms with Crippen LogP contribution < -0.4 is 0 Å². The van der Waals surface area contributed by atoms with Crippen molar-refractivity contribution in [3.05, 3.63) is 94.0 Å². The molecule has 28 heavy (non-hydrogen) atoms. The molecular weight excluding hydrogens is 372 g/mol. The van der Waals surface area contributed by atoms with Gasteiger partial charge < -0.3 is 5.53 Å². The molecule has 0 amide bonds. The number of benzene rings is 3. The summed E-state index contributed by atoms with van der Waals surface area (Å²) in [5.41, 5.74) is 15.0. The van der Waals surface area contributed by atoms with Crippen molar-refractivity contribution in [3.8, 4) is 11.1 Å². The van der Waals surface area contributed by atoms with Gasteiger partial charge in [0, 0.05) is 0 Å². The first-order valence-corrected chi connectivity index (χ1v) is 10.4. The fourth-order valence-electron chi connectivity index (χ4n) is 3.97. The molecule has 140 valence electrons. The van der Waals surface area contributed by atoms with Gasteiger partial charge in [-0.15, -0.1) is 0 Å². The van der Waals surface area contributed by atoms with Crippen LogP contribution in [0.2, 0.25) is 0 Å². The van der Waals surface area contributed by atoms with Crippen LogP contribution in [0.15, 0.2) is 65.6 Å². The Bertz CT molecular complexity index is 1240. The Hall–Kier alpha value is -3.05. The van der Waals surface area contributed by atoms with Gasteiger partial charge in [-0.1, -0.05) is 49.4 Å². The third-order valence-electron chi connectivity index (χ3n) is 5.16. The predicted octanol–water partition coefficient (Wildman–Crippen LogP) is 4.13. The second-order valence-electron chi connectivity index (χ2n) is 6.74. The highest BCUT2D eigenvalue weighted by molar-refractivity contribution is 7.86. The molecule has 1 N–H and O–H groups in total. The van der Waals surface area contributed by atoms with Gasteiger partial charge in [0.05, 0.1) is 11.1 Å². The van der Waals surface area contributed by atoms with E-state index in [0.29, 0.717) is 24.0 Å². The largest absolute Gasteiger partial charge is 0.361 e. The molecule has 1 aliphatic rings. The van der Waals surface area contributed by atoms with Crippen molar-refractivity contribution in [2.45, 2.75) is 24.7 Å². The highest BCUT2D eigenvalue weighted by atomic mass is 32.2. The SMILES string of the molecule is CCc1cc2c(c(C(=[N+]=[N-])c3ccccc3)c1S(=O)(=O)O)Cc1ccccc1-2. The first-order chi connectivity index (χ1) is 13.5. The molecule has 0 fully saturated rings. The lowest BCUT2D eigenvalue weighted by molar-refractivity contribution is -0.00308. The Morgan fingerprint density at radius 1 is 1.07 bits per heavy atom. The zero-order valence-corrected chi connectivity index (χ0v) is 16.1. The highest BCUT2D eigenvalue weighted by Crippen LogP contribution is 2.42. The quantitative estimate of drug-likeness (QED) is 0.246. The molecular formula is C22H18N2O3S. The number of rotatable bonds is 4. The van der Waals surface area contributed by atoms with Crippen LogP contribution in [-0.2, 0) is 23.0 Å². The van der Waals surface area contributed by atoms with Gasteiger partial charge in [0.15, 0.2) is 0 Å². The van der Waals surface area contributed by atoms with Gasteiger partial charge in [-0.2, -0.15) is 13.2 Å². The average Bonchev–Trinajstić information content (AvgIpc) is 3.06. The zero-order valence-electron chi connectivity index (χ0n) is 15.3. The van der Waals surface area contributed by atoms with Crippen LogP contribution in [0.25, 0.3) is 16.7 Å². The van der Waals surface area contributed by atoms with Crippen LogP contribution >= 0.6 is 0 Å². The summed E-state index contributed by atoms with van der Waals surface area (Å²) >= 11 is 0. The van der Waals surface area contributed by atoms with E-state index in [1.165, 1.54) is 0 Å². The Morgan fingerprint density at radius 3 is 2.39 bits per heavy atom. The van der Waals surface area contributed by atoms with Crippen LogP contribution in [0.3, 0.4) is 0 Å². The molecule has 3 aromatic carbocycles. The summed E-state index contributed by atoms with van der Waals surface area (Å²) in [6.07, 6.45) is 0.907. The van der Waals surface area contributed by atoms with E-state index in [1.807, 2.05) is 43.3 Å². The zero-order chi connectivity index (χ0) is 19.9. The minimum absolute atomic E-state index is 0.132. The lowest BCUT2D eigenvalue weighted by Crippen LogP contribution is -2.17. The van der Waals surface area contributed by atoms with Gasteiger partial charge in [0.25, 0.3) is 10.1 Å². The molecule has 0 saturated heterocycles. The summed E-state index contributed by atoms with van der Waals surface area (Å²) in [7, 11) is -4.54. The van der Waals surface area contributed by atoms with Gasteiger partial charge in [-0.25, -0.2) is 0 Å². The fraction of sp³-hybridized carbons (Fsp3) is 0.136. The second kappa shape index (κ2) is 6.84. The summed E-state index contributed by atoms with van der Waals surface area (Å²) < 4.78 is 34.8. The highest BCUT2D eigenvalue weighted by Gasteiger charge is 2.35. The smallest absolute Gasteiger partial charge is 0.331 e. The van der Waals surface area contributed by atoms with Crippen molar-refractivity contribution >= 4 is 15.8 Å². The molecule has 0 bridgehead atoms. The molecule has 0 heterocycles. The molecule has 0 atom stereocenters. The summed E-state index contributed by atoms with van der Waals surface area (Å²) in [6, 6.07) is 18.6. The van der Waals surface area contributed by atoms with E-state index < -0.39 is 10.1 Å². The normalized spacial score (nSPS) is 12.2. The lowest BCUT2D eigenvalue weighted by Gasteiger charge is -2.15.